The van der Waals surface area contributed by atoms with Gasteiger partial charge in [-0.2, -0.15) is 0 Å². The van der Waals surface area contributed by atoms with Crippen LogP contribution in [0.1, 0.15) is 43.5 Å². The van der Waals surface area contributed by atoms with Crippen LogP contribution in [-0.4, -0.2) is 16.1 Å². The van der Waals surface area contributed by atoms with E-state index in [1.54, 1.807) is 6.07 Å². The van der Waals surface area contributed by atoms with Crippen molar-refractivity contribution in [3.63, 3.8) is 0 Å². The van der Waals surface area contributed by atoms with Gasteiger partial charge in [-0.25, -0.2) is 0 Å². The Morgan fingerprint density at radius 3 is 2.48 bits per heavy atom. The number of hydrogen-bond donors (Lipinski definition) is 1. The molecule has 6 rings (SSSR count). The summed E-state index contributed by atoms with van der Waals surface area (Å²) in [5.41, 5.74) is -0.172. The van der Waals surface area contributed by atoms with Crippen LogP contribution >= 0.6 is 22.9 Å². The van der Waals surface area contributed by atoms with Gasteiger partial charge in [0.05, 0.1) is 10.4 Å². The molecule has 1 amide bonds. The Balaban J connectivity index is 1.23. The summed E-state index contributed by atoms with van der Waals surface area (Å²) in [6.07, 6.45) is 7.13. The first kappa shape index (κ1) is 17.4. The van der Waals surface area contributed by atoms with Crippen LogP contribution in [0.15, 0.2) is 24.3 Å². The highest BCUT2D eigenvalue weighted by atomic mass is 35.5. The number of para-hydroxylation sites is 1. The van der Waals surface area contributed by atoms with Crippen molar-refractivity contribution in [2.45, 2.75) is 45.1 Å². The number of carbonyl (C=O) groups is 1. The number of carbonyl (C=O) groups excluding carboxylic acids is 1. The Morgan fingerprint density at radius 2 is 1.81 bits per heavy atom. The molecule has 4 aliphatic rings. The first-order valence-corrected chi connectivity index (χ1v) is 10.8. The zero-order chi connectivity index (χ0) is 18.4. The first-order chi connectivity index (χ1) is 13.1. The van der Waals surface area contributed by atoms with E-state index in [4.69, 9.17) is 16.3 Å². The lowest BCUT2D eigenvalue weighted by Gasteiger charge is -2.55. The average molecular weight is 404 g/mol. The summed E-state index contributed by atoms with van der Waals surface area (Å²) in [5, 5.41) is 13.2. The van der Waals surface area contributed by atoms with Crippen LogP contribution in [0.25, 0.3) is 0 Å². The number of hydrogen-bond acceptors (Lipinski definition) is 5. The van der Waals surface area contributed by atoms with Crippen LogP contribution in [0.2, 0.25) is 5.02 Å². The van der Waals surface area contributed by atoms with Gasteiger partial charge >= 0.3 is 0 Å². The van der Waals surface area contributed by atoms with Crippen molar-refractivity contribution in [3.05, 3.63) is 34.3 Å². The normalized spacial score (nSPS) is 31.1. The van der Waals surface area contributed by atoms with Gasteiger partial charge < -0.3 is 10.1 Å². The van der Waals surface area contributed by atoms with Gasteiger partial charge in [-0.3, -0.25) is 4.79 Å². The van der Waals surface area contributed by atoms with Crippen LogP contribution in [0, 0.1) is 23.2 Å². The molecule has 0 radical (unpaired) electrons. The molecule has 0 saturated heterocycles. The molecule has 0 atom stereocenters. The van der Waals surface area contributed by atoms with Crippen molar-refractivity contribution in [2.75, 3.05) is 5.32 Å². The van der Waals surface area contributed by atoms with E-state index in [0.29, 0.717) is 15.9 Å². The number of aromatic nitrogens is 2. The number of anilines is 1. The minimum Gasteiger partial charge on any atom is -0.485 e. The first-order valence-electron chi connectivity index (χ1n) is 9.61. The number of halogens is 1. The largest absolute Gasteiger partial charge is 0.485 e. The molecular formula is C20H22ClN3O2S. The monoisotopic (exact) mass is 403 g/mol. The van der Waals surface area contributed by atoms with E-state index in [1.165, 1.54) is 30.6 Å². The van der Waals surface area contributed by atoms with Gasteiger partial charge in [0, 0.05) is 0 Å². The summed E-state index contributed by atoms with van der Waals surface area (Å²) < 4.78 is 5.70. The SMILES string of the molecule is O=C(Nc1nnc(COc2ccccc2Cl)s1)C12CC3CC(CC(C3)C1)C2. The van der Waals surface area contributed by atoms with Crippen molar-refractivity contribution in [1.82, 2.24) is 10.2 Å². The number of ether oxygens (including phenoxy) is 1. The molecule has 4 saturated carbocycles. The van der Waals surface area contributed by atoms with E-state index < -0.39 is 0 Å². The Hall–Kier alpha value is -1.66. The molecule has 0 unspecified atom stereocenters. The molecule has 5 nitrogen and oxygen atoms in total. The number of nitrogens with one attached hydrogen (secondary N) is 1. The third-order valence-corrected chi connectivity index (χ3v) is 7.52. The van der Waals surface area contributed by atoms with Crippen molar-refractivity contribution in [1.29, 1.82) is 0 Å². The van der Waals surface area contributed by atoms with Gasteiger partial charge in [-0.05, 0) is 68.4 Å². The highest BCUT2D eigenvalue weighted by molar-refractivity contribution is 7.15. The molecule has 2 aromatic rings. The Bertz CT molecular complexity index is 833. The van der Waals surface area contributed by atoms with Crippen molar-refractivity contribution < 1.29 is 9.53 Å². The highest BCUT2D eigenvalue weighted by Gasteiger charge is 2.54. The molecule has 4 aliphatic carbocycles. The number of amides is 1. The molecule has 1 aromatic carbocycles. The van der Waals surface area contributed by atoms with Crippen LogP contribution in [-0.2, 0) is 11.4 Å². The number of benzene rings is 1. The summed E-state index contributed by atoms with van der Waals surface area (Å²) in [5.74, 6) is 3.01. The second-order valence-electron chi connectivity index (χ2n) is 8.37. The highest BCUT2D eigenvalue weighted by Crippen LogP contribution is 2.60. The van der Waals surface area contributed by atoms with E-state index in [2.05, 4.69) is 15.5 Å². The third kappa shape index (κ3) is 3.34. The molecule has 4 fully saturated rings. The molecular weight excluding hydrogens is 382 g/mol. The maximum Gasteiger partial charge on any atom is 0.232 e. The van der Waals surface area contributed by atoms with Gasteiger partial charge in [0.2, 0.25) is 11.0 Å². The molecule has 0 aliphatic heterocycles. The van der Waals surface area contributed by atoms with Gasteiger partial charge in [0.15, 0.2) is 5.01 Å². The van der Waals surface area contributed by atoms with Crippen molar-refractivity contribution in [3.8, 4) is 5.75 Å². The Kier molecular flexibility index (Phi) is 4.36. The second-order valence-corrected chi connectivity index (χ2v) is 9.84. The molecule has 1 aromatic heterocycles. The van der Waals surface area contributed by atoms with E-state index in [-0.39, 0.29) is 17.9 Å². The van der Waals surface area contributed by atoms with E-state index in [1.807, 2.05) is 18.2 Å². The molecule has 7 heteroatoms. The molecule has 4 bridgehead atoms. The molecule has 0 spiro atoms. The molecule has 142 valence electrons. The van der Waals surface area contributed by atoms with Crippen molar-refractivity contribution >= 4 is 34.0 Å². The maximum absolute atomic E-state index is 13.1. The van der Waals surface area contributed by atoms with Gasteiger partial charge in [0.1, 0.15) is 12.4 Å². The summed E-state index contributed by atoms with van der Waals surface area (Å²) >= 11 is 7.47. The van der Waals surface area contributed by atoms with E-state index >= 15 is 0 Å². The van der Waals surface area contributed by atoms with Gasteiger partial charge in [0.25, 0.3) is 0 Å². The standard InChI is InChI=1S/C20H22ClN3O2S/c21-15-3-1-2-4-16(15)26-11-17-23-24-19(27-17)22-18(25)20-8-12-5-13(9-20)7-14(6-12)10-20/h1-4,12-14H,5-11H2,(H,22,24,25). The summed E-state index contributed by atoms with van der Waals surface area (Å²) in [6, 6.07) is 7.34. The fourth-order valence-corrected chi connectivity index (χ4v) is 6.52. The summed E-state index contributed by atoms with van der Waals surface area (Å²) in [6.45, 7) is 0.286. The Labute approximate surface area is 167 Å². The zero-order valence-corrected chi connectivity index (χ0v) is 16.6. The number of nitrogens with zero attached hydrogens (tertiary/aromatic N) is 2. The van der Waals surface area contributed by atoms with Crippen LogP contribution in [0.3, 0.4) is 0 Å². The zero-order valence-electron chi connectivity index (χ0n) is 15.0. The van der Waals surface area contributed by atoms with E-state index in [0.717, 1.165) is 42.0 Å². The predicted octanol–water partition coefficient (Wildman–Crippen LogP) is 4.93. The predicted molar refractivity (Wildman–Crippen MR) is 105 cm³/mol. The average Bonchev–Trinajstić information content (AvgIpc) is 3.07. The van der Waals surface area contributed by atoms with Crippen LogP contribution in [0.5, 0.6) is 5.75 Å². The number of rotatable bonds is 5. The van der Waals surface area contributed by atoms with Crippen molar-refractivity contribution in [2.24, 2.45) is 23.2 Å². The molecule has 1 heterocycles. The summed E-state index contributed by atoms with van der Waals surface area (Å²) in [4.78, 5) is 13.1. The second kappa shape index (κ2) is 6.74. The maximum atomic E-state index is 13.1. The minimum absolute atomic E-state index is 0.149. The van der Waals surface area contributed by atoms with Gasteiger partial charge in [-0.1, -0.05) is 35.1 Å². The van der Waals surface area contributed by atoms with E-state index in [9.17, 15) is 4.79 Å². The fourth-order valence-electron chi connectivity index (χ4n) is 5.68. The molecule has 1 N–H and O–H groups in total. The summed E-state index contributed by atoms with van der Waals surface area (Å²) in [7, 11) is 0. The van der Waals surface area contributed by atoms with Crippen LogP contribution < -0.4 is 10.1 Å². The van der Waals surface area contributed by atoms with Crippen LogP contribution in [0.4, 0.5) is 5.13 Å². The quantitative estimate of drug-likeness (QED) is 0.769. The lowest BCUT2D eigenvalue weighted by atomic mass is 9.49. The fraction of sp³-hybridized carbons (Fsp3) is 0.550. The topological polar surface area (TPSA) is 64.1 Å². The lowest BCUT2D eigenvalue weighted by Crippen LogP contribution is -2.51. The molecule has 27 heavy (non-hydrogen) atoms. The lowest BCUT2D eigenvalue weighted by molar-refractivity contribution is -0.140. The minimum atomic E-state index is -0.172. The third-order valence-electron chi connectivity index (χ3n) is 6.40. The smallest absolute Gasteiger partial charge is 0.232 e. The Morgan fingerprint density at radius 1 is 1.15 bits per heavy atom. The van der Waals surface area contributed by atoms with Gasteiger partial charge in [-0.15, -0.1) is 10.2 Å².